The maximum absolute atomic E-state index is 12.5. The van der Waals surface area contributed by atoms with E-state index in [4.69, 9.17) is 4.74 Å². The Balaban J connectivity index is 1.45. The van der Waals surface area contributed by atoms with Crippen molar-refractivity contribution in [3.8, 4) is 5.75 Å². The van der Waals surface area contributed by atoms with E-state index in [0.717, 1.165) is 24.3 Å². The summed E-state index contributed by atoms with van der Waals surface area (Å²) in [6.07, 6.45) is 4.53. The number of nitrogens with one attached hydrogen (secondary N) is 2. The number of ether oxygens (including phenoxy) is 1. The van der Waals surface area contributed by atoms with Crippen molar-refractivity contribution < 1.29 is 14.3 Å². The molecule has 4 rings (SSSR count). The van der Waals surface area contributed by atoms with Crippen LogP contribution < -0.4 is 15.5 Å². The number of hydrogen-bond donors (Lipinski definition) is 2. The van der Waals surface area contributed by atoms with Gasteiger partial charge in [-0.3, -0.25) is 9.59 Å². The molecule has 2 heterocycles. The Labute approximate surface area is 168 Å². The first kappa shape index (κ1) is 18.7. The Morgan fingerprint density at radius 3 is 3.07 bits per heavy atom. The number of carbonyl (C=O) groups excluding carboxylic acids is 2. The van der Waals surface area contributed by atoms with Crippen LogP contribution in [0.5, 0.6) is 5.75 Å². The molecule has 0 spiro atoms. The van der Waals surface area contributed by atoms with E-state index in [0.29, 0.717) is 22.0 Å². The molecular formula is C21H23N3O3S. The van der Waals surface area contributed by atoms with Gasteiger partial charge in [0, 0.05) is 4.88 Å². The number of nitrogens with zero attached hydrogens (tertiary/aromatic N) is 1. The summed E-state index contributed by atoms with van der Waals surface area (Å²) in [5, 5.41) is 7.02. The fourth-order valence-corrected chi connectivity index (χ4v) is 4.72. The van der Waals surface area contributed by atoms with Gasteiger partial charge in [-0.05, 0) is 67.5 Å². The molecular weight excluding hydrogens is 374 g/mol. The first-order chi connectivity index (χ1) is 13.5. The number of rotatable bonds is 4. The number of aryl methyl sites for hydroxylation is 1. The van der Waals surface area contributed by atoms with E-state index in [2.05, 4.69) is 22.8 Å². The Morgan fingerprint density at radius 1 is 1.39 bits per heavy atom. The molecule has 6 nitrogen and oxygen atoms in total. The summed E-state index contributed by atoms with van der Waals surface area (Å²) < 4.78 is 5.36. The summed E-state index contributed by atoms with van der Waals surface area (Å²) in [5.41, 5.74) is 6.06. The zero-order valence-electron chi connectivity index (χ0n) is 16.0. The topological polar surface area (TPSA) is 79.8 Å². The molecule has 2 amide bonds. The highest BCUT2D eigenvalue weighted by Crippen LogP contribution is 2.33. The van der Waals surface area contributed by atoms with Crippen LogP contribution in [0.4, 0.5) is 5.69 Å². The lowest BCUT2D eigenvalue weighted by molar-refractivity contribution is -0.118. The van der Waals surface area contributed by atoms with E-state index in [-0.39, 0.29) is 18.4 Å². The Morgan fingerprint density at radius 2 is 2.25 bits per heavy atom. The summed E-state index contributed by atoms with van der Waals surface area (Å²) in [6, 6.07) is 7.47. The van der Waals surface area contributed by atoms with E-state index in [1.54, 1.807) is 23.5 Å². The van der Waals surface area contributed by atoms with Crippen LogP contribution in [0, 0.1) is 5.92 Å². The molecule has 2 aromatic rings. The summed E-state index contributed by atoms with van der Waals surface area (Å²) in [6.45, 7) is 4.07. The van der Waals surface area contributed by atoms with Gasteiger partial charge in [-0.15, -0.1) is 11.3 Å². The van der Waals surface area contributed by atoms with Gasteiger partial charge in [0.25, 0.3) is 11.8 Å². The molecule has 1 atom stereocenters. The van der Waals surface area contributed by atoms with Gasteiger partial charge in [-0.25, -0.2) is 5.43 Å². The normalized spacial score (nSPS) is 18.6. The smallest absolute Gasteiger partial charge is 0.281 e. The van der Waals surface area contributed by atoms with Crippen LogP contribution in [0.15, 0.2) is 29.4 Å². The van der Waals surface area contributed by atoms with Gasteiger partial charge in [0.1, 0.15) is 5.75 Å². The number of hydrazone groups is 1. The third kappa shape index (κ3) is 3.80. The van der Waals surface area contributed by atoms with E-state index < -0.39 is 0 Å². The first-order valence-electron chi connectivity index (χ1n) is 9.56. The van der Waals surface area contributed by atoms with E-state index in [9.17, 15) is 9.59 Å². The molecule has 0 saturated carbocycles. The minimum Gasteiger partial charge on any atom is -0.482 e. The number of thiophene rings is 1. The molecule has 0 saturated heterocycles. The van der Waals surface area contributed by atoms with Crippen molar-refractivity contribution in [2.75, 3.05) is 11.9 Å². The Hall–Kier alpha value is -2.67. The summed E-state index contributed by atoms with van der Waals surface area (Å²) >= 11 is 1.58. The largest absolute Gasteiger partial charge is 0.482 e. The van der Waals surface area contributed by atoms with Gasteiger partial charge in [0.15, 0.2) is 6.61 Å². The molecule has 1 aliphatic heterocycles. The fourth-order valence-electron chi connectivity index (χ4n) is 3.62. The maximum Gasteiger partial charge on any atom is 0.281 e. The first-order valence-corrected chi connectivity index (χ1v) is 10.4. The fraction of sp³-hybridized carbons (Fsp3) is 0.381. The highest BCUT2D eigenvalue weighted by atomic mass is 32.1. The molecule has 0 unspecified atom stereocenters. The van der Waals surface area contributed by atoms with Crippen molar-refractivity contribution in [1.82, 2.24) is 5.43 Å². The molecule has 0 fully saturated rings. The zero-order valence-corrected chi connectivity index (χ0v) is 16.8. The second-order valence-electron chi connectivity index (χ2n) is 7.26. The van der Waals surface area contributed by atoms with Gasteiger partial charge in [0.05, 0.1) is 16.3 Å². The van der Waals surface area contributed by atoms with Crippen molar-refractivity contribution in [1.29, 1.82) is 0 Å². The molecule has 1 aromatic carbocycles. The lowest BCUT2D eigenvalue weighted by atomic mass is 9.87. The molecule has 0 radical (unpaired) electrons. The minimum absolute atomic E-state index is 0.0271. The summed E-state index contributed by atoms with van der Waals surface area (Å²) in [4.78, 5) is 26.1. The lowest BCUT2D eigenvalue weighted by Gasteiger charge is -2.19. The van der Waals surface area contributed by atoms with Gasteiger partial charge >= 0.3 is 0 Å². The highest BCUT2D eigenvalue weighted by molar-refractivity contribution is 7.14. The average Bonchev–Trinajstić information content (AvgIpc) is 3.14. The van der Waals surface area contributed by atoms with Crippen molar-refractivity contribution >= 4 is 34.6 Å². The molecule has 1 aliphatic carbocycles. The number of fused-ring (bicyclic) bond motifs is 2. The van der Waals surface area contributed by atoms with Crippen molar-refractivity contribution in [2.45, 2.75) is 39.5 Å². The number of anilines is 1. The third-order valence-electron chi connectivity index (χ3n) is 5.34. The van der Waals surface area contributed by atoms with Gasteiger partial charge in [-0.2, -0.15) is 5.10 Å². The van der Waals surface area contributed by atoms with Crippen LogP contribution in [0.1, 0.15) is 52.4 Å². The van der Waals surface area contributed by atoms with Crippen LogP contribution in [-0.2, 0) is 17.6 Å². The van der Waals surface area contributed by atoms with Crippen LogP contribution in [-0.4, -0.2) is 24.1 Å². The molecule has 1 aromatic heterocycles. The van der Waals surface area contributed by atoms with E-state index >= 15 is 0 Å². The standard InChI is InChI=1S/C21H23N3O3S/c1-3-13-4-7-18-15(8-13)10-19(28-18)21(26)24-23-12(2)14-5-6-17-16(9-14)22-20(25)11-27-17/h5-6,9-10,13H,3-4,7-8,11H2,1-2H3,(H,22,25)(H,24,26)/b23-12-/t13-/m0/s1. The second-order valence-corrected chi connectivity index (χ2v) is 8.40. The third-order valence-corrected chi connectivity index (χ3v) is 6.58. The van der Waals surface area contributed by atoms with Crippen LogP contribution >= 0.6 is 11.3 Å². The SMILES string of the molecule is CC[C@H]1CCc2sc(C(=O)N/N=C(/C)c3ccc4c(c3)NC(=O)CO4)cc2C1. The van der Waals surface area contributed by atoms with E-state index in [1.807, 2.05) is 19.1 Å². The van der Waals surface area contributed by atoms with Gasteiger partial charge in [0.2, 0.25) is 0 Å². The summed E-state index contributed by atoms with van der Waals surface area (Å²) in [5.74, 6) is 1.00. The quantitative estimate of drug-likeness (QED) is 0.609. The van der Waals surface area contributed by atoms with Gasteiger partial charge in [-0.1, -0.05) is 13.3 Å². The number of amides is 2. The minimum atomic E-state index is -0.181. The van der Waals surface area contributed by atoms with Crippen LogP contribution in [0.3, 0.4) is 0 Å². The van der Waals surface area contributed by atoms with Crippen LogP contribution in [0.25, 0.3) is 0 Å². The second kappa shape index (κ2) is 7.75. The molecule has 0 bridgehead atoms. The molecule has 28 heavy (non-hydrogen) atoms. The lowest BCUT2D eigenvalue weighted by Crippen LogP contribution is -2.25. The molecule has 2 aliphatic rings. The number of benzene rings is 1. The summed E-state index contributed by atoms with van der Waals surface area (Å²) in [7, 11) is 0. The highest BCUT2D eigenvalue weighted by Gasteiger charge is 2.22. The average molecular weight is 398 g/mol. The molecule has 2 N–H and O–H groups in total. The van der Waals surface area contributed by atoms with Crippen LogP contribution in [0.2, 0.25) is 0 Å². The zero-order chi connectivity index (χ0) is 19.7. The Kier molecular flexibility index (Phi) is 5.17. The monoisotopic (exact) mass is 397 g/mol. The Bertz CT molecular complexity index is 964. The van der Waals surface area contributed by atoms with Crippen molar-refractivity contribution in [3.05, 3.63) is 45.1 Å². The van der Waals surface area contributed by atoms with Gasteiger partial charge < -0.3 is 10.1 Å². The predicted octanol–water partition coefficient (Wildman–Crippen LogP) is 3.75. The molecule has 7 heteroatoms. The maximum atomic E-state index is 12.5. The van der Waals surface area contributed by atoms with Crippen molar-refractivity contribution in [2.24, 2.45) is 11.0 Å². The predicted molar refractivity (Wildman–Crippen MR) is 110 cm³/mol. The van der Waals surface area contributed by atoms with E-state index in [1.165, 1.54) is 23.3 Å². The van der Waals surface area contributed by atoms with Crippen molar-refractivity contribution in [3.63, 3.8) is 0 Å². The number of carbonyl (C=O) groups is 2. The molecule has 146 valence electrons. The number of hydrogen-bond acceptors (Lipinski definition) is 5.